The molecular formula is C23H24ClN4O4S2+. The van der Waals surface area contributed by atoms with Crippen molar-refractivity contribution in [1.29, 1.82) is 0 Å². The molecule has 11 heteroatoms. The fourth-order valence-corrected chi connectivity index (χ4v) is 6.16. The molecule has 5 rings (SSSR count). The summed E-state index contributed by atoms with van der Waals surface area (Å²) in [7, 11) is -2.96. The number of halogens is 1. The summed E-state index contributed by atoms with van der Waals surface area (Å²) < 4.78 is 31.3. The Bertz CT molecular complexity index is 1380. The maximum Gasteiger partial charge on any atom is 0.288 e. The van der Waals surface area contributed by atoms with Crippen LogP contribution in [0.4, 0.5) is 0 Å². The zero-order valence-corrected chi connectivity index (χ0v) is 20.8. The summed E-state index contributed by atoms with van der Waals surface area (Å²) in [5.74, 6) is 0.460. The molecule has 4 heterocycles. The number of piperidine rings is 1. The summed E-state index contributed by atoms with van der Waals surface area (Å²) in [5.41, 5.74) is 2.16. The van der Waals surface area contributed by atoms with Crippen LogP contribution in [0.1, 0.15) is 29.0 Å². The molecule has 1 aliphatic rings. The van der Waals surface area contributed by atoms with E-state index in [4.69, 9.17) is 16.1 Å². The van der Waals surface area contributed by atoms with Gasteiger partial charge in [-0.15, -0.1) is 11.3 Å². The number of fused-ring (bicyclic) bond motifs is 1. The van der Waals surface area contributed by atoms with Crippen LogP contribution in [0.5, 0.6) is 0 Å². The van der Waals surface area contributed by atoms with Crippen molar-refractivity contribution in [2.24, 2.45) is 0 Å². The molecule has 3 aromatic heterocycles. The van der Waals surface area contributed by atoms with Crippen molar-refractivity contribution in [2.75, 3.05) is 19.3 Å². The van der Waals surface area contributed by atoms with Crippen molar-refractivity contribution in [3.05, 3.63) is 64.3 Å². The third-order valence-corrected chi connectivity index (χ3v) is 8.58. The molecule has 8 nitrogen and oxygen atoms in total. The summed E-state index contributed by atoms with van der Waals surface area (Å²) >= 11 is 7.46. The van der Waals surface area contributed by atoms with E-state index in [1.807, 2.05) is 53.1 Å². The van der Waals surface area contributed by atoms with Crippen LogP contribution in [0.3, 0.4) is 0 Å². The Kier molecular flexibility index (Phi) is 6.34. The number of thiophene rings is 1. The molecule has 178 valence electrons. The first-order valence-corrected chi connectivity index (χ1v) is 13.9. The first kappa shape index (κ1) is 23.3. The maximum atomic E-state index is 13.3. The van der Waals surface area contributed by atoms with Crippen molar-refractivity contribution in [2.45, 2.75) is 25.4 Å². The SMILES string of the molecule is C[S+](=O)(O)N1CCC(NC(=O)c2cc3ccccc3n2Cc2cc(-c3ccc(Cl)s3)on2)CC1. The molecule has 1 aliphatic heterocycles. The summed E-state index contributed by atoms with van der Waals surface area (Å²) in [6.07, 6.45) is 2.56. The molecule has 1 aromatic carbocycles. The standard InChI is InChI=1S/C23H23ClN4O4S2/c1-34(30,31)27-10-8-16(9-11-27)25-23(29)19-12-15-4-2-3-5-18(15)28(19)14-17-13-20(32-26-17)21-6-7-22(24)33-21/h2-7,12-13,16H,8-11,14H2,1H3,(H-,25,29,30,31)/p+1. The highest BCUT2D eigenvalue weighted by Gasteiger charge is 2.34. The molecule has 0 spiro atoms. The molecule has 2 N–H and O–H groups in total. The second-order valence-corrected chi connectivity index (χ2v) is 12.2. The number of hydrogen-bond donors (Lipinski definition) is 2. The Labute approximate surface area is 206 Å². The Morgan fingerprint density at radius 3 is 2.74 bits per heavy atom. The highest BCUT2D eigenvalue weighted by molar-refractivity contribution is 7.94. The van der Waals surface area contributed by atoms with E-state index in [1.165, 1.54) is 17.6 Å². The average Bonchev–Trinajstić information content (AvgIpc) is 3.53. The largest absolute Gasteiger partial charge is 0.355 e. The van der Waals surface area contributed by atoms with Crippen LogP contribution in [-0.2, 0) is 21.2 Å². The zero-order valence-electron chi connectivity index (χ0n) is 18.4. The van der Waals surface area contributed by atoms with E-state index in [2.05, 4.69) is 10.5 Å². The highest BCUT2D eigenvalue weighted by Crippen LogP contribution is 2.32. The number of nitrogens with one attached hydrogen (secondary N) is 1. The number of carbonyl (C=O) groups excluding carboxylic acids is 1. The lowest BCUT2D eigenvalue weighted by Crippen LogP contribution is -2.48. The molecule has 4 aromatic rings. The number of rotatable bonds is 6. The number of benzene rings is 1. The predicted molar refractivity (Wildman–Crippen MR) is 135 cm³/mol. The second-order valence-electron chi connectivity index (χ2n) is 8.40. The van der Waals surface area contributed by atoms with Crippen LogP contribution in [0, 0.1) is 0 Å². The fourth-order valence-electron chi connectivity index (χ4n) is 4.28. The van der Waals surface area contributed by atoms with Gasteiger partial charge in [0.1, 0.15) is 11.4 Å². The van der Waals surface area contributed by atoms with Gasteiger partial charge < -0.3 is 14.4 Å². The third-order valence-electron chi connectivity index (χ3n) is 6.01. The van der Waals surface area contributed by atoms with Gasteiger partial charge in [-0.3, -0.25) is 4.79 Å². The lowest BCUT2D eigenvalue weighted by molar-refractivity contribution is 0.0914. The van der Waals surface area contributed by atoms with Gasteiger partial charge in [-0.05, 0) is 41.3 Å². The summed E-state index contributed by atoms with van der Waals surface area (Å²) in [6, 6.07) is 15.2. The molecule has 1 unspecified atom stereocenters. The molecule has 0 radical (unpaired) electrons. The first-order chi connectivity index (χ1) is 16.3. The minimum Gasteiger partial charge on any atom is -0.355 e. The molecule has 0 bridgehead atoms. The summed E-state index contributed by atoms with van der Waals surface area (Å²) in [5, 5.41) is 8.28. The Balaban J connectivity index is 1.37. The van der Waals surface area contributed by atoms with Crippen LogP contribution in [-0.4, -0.2) is 49.9 Å². The minimum absolute atomic E-state index is 0.0563. The Morgan fingerprint density at radius 1 is 1.26 bits per heavy atom. The maximum absolute atomic E-state index is 13.3. The lowest BCUT2D eigenvalue weighted by Gasteiger charge is -2.28. The molecule has 1 fully saturated rings. The van der Waals surface area contributed by atoms with Crippen LogP contribution < -0.4 is 5.32 Å². The number of para-hydroxylation sites is 1. The number of aromatic nitrogens is 2. The van der Waals surface area contributed by atoms with Crippen LogP contribution in [0.2, 0.25) is 4.34 Å². The monoisotopic (exact) mass is 519 g/mol. The van der Waals surface area contributed by atoms with E-state index in [0.717, 1.165) is 15.8 Å². The van der Waals surface area contributed by atoms with E-state index in [-0.39, 0.29) is 11.9 Å². The van der Waals surface area contributed by atoms with E-state index in [1.54, 1.807) is 4.31 Å². The average molecular weight is 520 g/mol. The molecule has 34 heavy (non-hydrogen) atoms. The van der Waals surface area contributed by atoms with E-state index >= 15 is 0 Å². The lowest BCUT2D eigenvalue weighted by atomic mass is 10.1. The topological polar surface area (TPSA) is 101 Å². The molecule has 1 amide bonds. The van der Waals surface area contributed by atoms with Gasteiger partial charge >= 0.3 is 0 Å². The Hall–Kier alpha value is -2.50. The smallest absolute Gasteiger partial charge is 0.288 e. The van der Waals surface area contributed by atoms with Gasteiger partial charge in [-0.1, -0.05) is 39.3 Å². The van der Waals surface area contributed by atoms with E-state index in [9.17, 15) is 13.6 Å². The van der Waals surface area contributed by atoms with Gasteiger partial charge in [0.15, 0.2) is 12.0 Å². The van der Waals surface area contributed by atoms with Crippen molar-refractivity contribution in [3.63, 3.8) is 0 Å². The van der Waals surface area contributed by atoms with E-state index in [0.29, 0.717) is 54.0 Å². The summed E-state index contributed by atoms with van der Waals surface area (Å²) in [6.45, 7) is 1.31. The fraction of sp³-hybridized carbons (Fsp3) is 0.304. The number of hydrogen-bond acceptors (Lipinski definition) is 5. The van der Waals surface area contributed by atoms with Gasteiger partial charge in [0.05, 0.1) is 15.8 Å². The molecule has 1 atom stereocenters. The number of carbonyl (C=O) groups is 1. The number of amides is 1. The number of nitrogens with zero attached hydrogens (tertiary/aromatic N) is 3. The first-order valence-electron chi connectivity index (χ1n) is 10.8. The van der Waals surface area contributed by atoms with Crippen molar-refractivity contribution in [1.82, 2.24) is 19.3 Å². The molecule has 0 aliphatic carbocycles. The van der Waals surface area contributed by atoms with Crippen LogP contribution >= 0.6 is 22.9 Å². The molecule has 1 saturated heterocycles. The third kappa shape index (κ3) is 4.82. The summed E-state index contributed by atoms with van der Waals surface area (Å²) in [4.78, 5) is 14.2. The Morgan fingerprint density at radius 2 is 2.03 bits per heavy atom. The van der Waals surface area contributed by atoms with Crippen LogP contribution in [0.15, 0.2) is 53.1 Å². The van der Waals surface area contributed by atoms with Crippen molar-refractivity contribution in [3.8, 4) is 10.6 Å². The second kappa shape index (κ2) is 9.27. The van der Waals surface area contributed by atoms with Gasteiger partial charge in [0.25, 0.3) is 16.3 Å². The molecule has 0 saturated carbocycles. The van der Waals surface area contributed by atoms with Crippen molar-refractivity contribution < 1.29 is 18.1 Å². The van der Waals surface area contributed by atoms with Gasteiger partial charge in [-0.2, -0.15) is 4.55 Å². The van der Waals surface area contributed by atoms with Gasteiger partial charge in [0.2, 0.25) is 0 Å². The van der Waals surface area contributed by atoms with Gasteiger partial charge in [0, 0.05) is 36.1 Å². The normalized spacial score (nSPS) is 17.1. The zero-order chi connectivity index (χ0) is 23.9. The quantitative estimate of drug-likeness (QED) is 0.357. The van der Waals surface area contributed by atoms with Gasteiger partial charge in [-0.25, -0.2) is 0 Å². The van der Waals surface area contributed by atoms with E-state index < -0.39 is 10.4 Å². The predicted octanol–water partition coefficient (Wildman–Crippen LogP) is 4.77. The molecular weight excluding hydrogens is 496 g/mol. The highest BCUT2D eigenvalue weighted by atomic mass is 35.5. The van der Waals surface area contributed by atoms with Crippen LogP contribution in [0.25, 0.3) is 21.5 Å². The minimum atomic E-state index is -2.96. The van der Waals surface area contributed by atoms with Crippen molar-refractivity contribution >= 4 is 50.1 Å².